The maximum Gasteiger partial charge on any atom is 0.220 e. The molecular weight excluding hydrogens is 342 g/mol. The Morgan fingerprint density at radius 2 is 1.74 bits per heavy atom. The van der Waals surface area contributed by atoms with Gasteiger partial charge < -0.3 is 19.5 Å². The molecule has 0 aromatic heterocycles. The van der Waals surface area contributed by atoms with Gasteiger partial charge in [0.2, 0.25) is 5.91 Å². The molecule has 1 amide bonds. The Morgan fingerprint density at radius 1 is 1.04 bits per heavy atom. The number of rotatable bonds is 8. The second kappa shape index (κ2) is 8.80. The molecular formula is C22H27NO4. The summed E-state index contributed by atoms with van der Waals surface area (Å²) in [6.45, 7) is 0.646. The zero-order chi connectivity index (χ0) is 19.2. The molecule has 27 heavy (non-hydrogen) atoms. The van der Waals surface area contributed by atoms with Crippen molar-refractivity contribution in [3.8, 4) is 17.2 Å². The number of carbonyl (C=O) groups excluding carboxylic acids is 1. The Hall–Kier alpha value is -2.69. The number of benzene rings is 2. The van der Waals surface area contributed by atoms with Gasteiger partial charge in [0.05, 0.1) is 21.3 Å². The van der Waals surface area contributed by atoms with E-state index in [2.05, 4.69) is 11.4 Å². The molecule has 1 unspecified atom stereocenters. The van der Waals surface area contributed by atoms with Crippen LogP contribution in [0.3, 0.4) is 0 Å². The maximum absolute atomic E-state index is 12.3. The minimum Gasteiger partial charge on any atom is -0.496 e. The Balaban J connectivity index is 1.56. The molecule has 1 aliphatic rings. The molecule has 0 saturated heterocycles. The van der Waals surface area contributed by atoms with E-state index < -0.39 is 0 Å². The molecule has 0 saturated carbocycles. The molecule has 5 nitrogen and oxygen atoms in total. The highest BCUT2D eigenvalue weighted by Gasteiger charge is 2.25. The summed E-state index contributed by atoms with van der Waals surface area (Å²) >= 11 is 0. The molecule has 2 aromatic carbocycles. The quantitative estimate of drug-likeness (QED) is 0.774. The smallest absolute Gasteiger partial charge is 0.220 e. The van der Waals surface area contributed by atoms with E-state index in [-0.39, 0.29) is 5.91 Å². The lowest BCUT2D eigenvalue weighted by Crippen LogP contribution is -2.28. The normalized spacial score (nSPS) is 15.1. The van der Waals surface area contributed by atoms with Crippen molar-refractivity contribution < 1.29 is 19.0 Å². The highest BCUT2D eigenvalue weighted by atomic mass is 16.5. The maximum atomic E-state index is 12.3. The third kappa shape index (κ3) is 4.35. The first-order valence-corrected chi connectivity index (χ1v) is 9.29. The van der Waals surface area contributed by atoms with Gasteiger partial charge in [0.1, 0.15) is 5.75 Å². The molecule has 1 atom stereocenters. The van der Waals surface area contributed by atoms with Gasteiger partial charge in [-0.05, 0) is 54.2 Å². The topological polar surface area (TPSA) is 56.8 Å². The van der Waals surface area contributed by atoms with Gasteiger partial charge in [0.25, 0.3) is 0 Å². The average Bonchev–Trinajstić information content (AvgIpc) is 3.11. The molecule has 144 valence electrons. The van der Waals surface area contributed by atoms with Gasteiger partial charge >= 0.3 is 0 Å². The number of methoxy groups -OCH3 is 3. The first kappa shape index (κ1) is 19.1. The van der Waals surface area contributed by atoms with Crippen molar-refractivity contribution in [2.24, 2.45) is 0 Å². The molecule has 0 spiro atoms. The third-order valence-corrected chi connectivity index (χ3v) is 5.21. The van der Waals surface area contributed by atoms with Crippen molar-refractivity contribution in [3.05, 3.63) is 53.1 Å². The fraction of sp³-hybridized carbons (Fsp3) is 0.409. The largest absolute Gasteiger partial charge is 0.496 e. The third-order valence-electron chi connectivity index (χ3n) is 5.21. The van der Waals surface area contributed by atoms with Crippen molar-refractivity contribution in [1.82, 2.24) is 5.32 Å². The lowest BCUT2D eigenvalue weighted by molar-refractivity contribution is -0.121. The number of hydrogen-bond acceptors (Lipinski definition) is 4. The molecule has 5 heteroatoms. The molecule has 1 aliphatic carbocycles. The van der Waals surface area contributed by atoms with E-state index in [0.717, 1.165) is 35.7 Å². The van der Waals surface area contributed by atoms with Crippen molar-refractivity contribution in [1.29, 1.82) is 0 Å². The molecule has 0 aliphatic heterocycles. The van der Waals surface area contributed by atoms with Gasteiger partial charge in [-0.15, -0.1) is 0 Å². The lowest BCUT2D eigenvalue weighted by Gasteiger charge is -2.15. The predicted molar refractivity (Wildman–Crippen MR) is 105 cm³/mol. The van der Waals surface area contributed by atoms with Crippen LogP contribution >= 0.6 is 0 Å². The Kier molecular flexibility index (Phi) is 6.22. The van der Waals surface area contributed by atoms with Crippen LogP contribution in [0.2, 0.25) is 0 Å². The zero-order valence-corrected chi connectivity index (χ0v) is 16.2. The van der Waals surface area contributed by atoms with Crippen molar-refractivity contribution in [2.75, 3.05) is 27.9 Å². The molecule has 0 bridgehead atoms. The van der Waals surface area contributed by atoms with E-state index in [1.165, 1.54) is 11.1 Å². The molecule has 0 heterocycles. The fourth-order valence-corrected chi connectivity index (χ4v) is 3.71. The highest BCUT2D eigenvalue weighted by molar-refractivity contribution is 5.76. The number of aryl methyl sites for hydroxylation is 2. The summed E-state index contributed by atoms with van der Waals surface area (Å²) in [5.74, 6) is 2.71. The minimum atomic E-state index is 0.0647. The van der Waals surface area contributed by atoms with Gasteiger partial charge in [0.15, 0.2) is 11.5 Å². The van der Waals surface area contributed by atoms with Crippen LogP contribution in [-0.4, -0.2) is 33.8 Å². The van der Waals surface area contributed by atoms with Crippen LogP contribution < -0.4 is 19.5 Å². The first-order chi connectivity index (χ1) is 13.2. The standard InChI is InChI=1S/C22H27NO4/c1-25-19-7-5-4-6-15(19)10-11-22(24)23-14-17-9-8-16-12-20(26-2)21(27-3)13-18(16)17/h4-7,12-13,17H,8-11,14H2,1-3H3,(H,23,24). The number of nitrogens with one attached hydrogen (secondary N) is 1. The summed E-state index contributed by atoms with van der Waals surface area (Å²) in [4.78, 5) is 12.3. The van der Waals surface area contributed by atoms with E-state index in [4.69, 9.17) is 14.2 Å². The van der Waals surface area contributed by atoms with Crippen LogP contribution in [-0.2, 0) is 17.6 Å². The van der Waals surface area contributed by atoms with E-state index >= 15 is 0 Å². The average molecular weight is 369 g/mol. The number of hydrogen-bond donors (Lipinski definition) is 1. The first-order valence-electron chi connectivity index (χ1n) is 9.29. The van der Waals surface area contributed by atoms with Crippen molar-refractivity contribution in [3.63, 3.8) is 0 Å². The predicted octanol–water partition coefficient (Wildman–Crippen LogP) is 3.49. The molecule has 0 fully saturated rings. The number of amides is 1. The van der Waals surface area contributed by atoms with E-state index in [9.17, 15) is 4.79 Å². The number of ether oxygens (including phenoxy) is 3. The van der Waals surface area contributed by atoms with Gasteiger partial charge in [-0.3, -0.25) is 4.79 Å². The molecule has 1 N–H and O–H groups in total. The van der Waals surface area contributed by atoms with Gasteiger partial charge in [0, 0.05) is 18.9 Å². The van der Waals surface area contributed by atoms with E-state index in [0.29, 0.717) is 25.3 Å². The fourth-order valence-electron chi connectivity index (χ4n) is 3.71. The Labute approximate surface area is 160 Å². The number of carbonyl (C=O) groups is 1. The SMILES string of the molecule is COc1ccccc1CCC(=O)NCC1CCc2cc(OC)c(OC)cc21. The van der Waals surface area contributed by atoms with Gasteiger partial charge in [-0.2, -0.15) is 0 Å². The summed E-state index contributed by atoms with van der Waals surface area (Å²) in [6, 6.07) is 11.9. The summed E-state index contributed by atoms with van der Waals surface area (Å²) in [5.41, 5.74) is 3.58. The zero-order valence-electron chi connectivity index (χ0n) is 16.2. The van der Waals surface area contributed by atoms with Crippen molar-refractivity contribution >= 4 is 5.91 Å². The van der Waals surface area contributed by atoms with Crippen LogP contribution in [0, 0.1) is 0 Å². The summed E-state index contributed by atoms with van der Waals surface area (Å²) in [7, 11) is 4.95. The van der Waals surface area contributed by atoms with Crippen molar-refractivity contribution in [2.45, 2.75) is 31.6 Å². The molecule has 0 radical (unpaired) electrons. The van der Waals surface area contributed by atoms with E-state index in [1.54, 1.807) is 21.3 Å². The van der Waals surface area contributed by atoms with Crippen LogP contribution in [0.1, 0.15) is 35.4 Å². The molecule has 2 aromatic rings. The van der Waals surface area contributed by atoms with Gasteiger partial charge in [-0.25, -0.2) is 0 Å². The highest BCUT2D eigenvalue weighted by Crippen LogP contribution is 2.40. The van der Waals surface area contributed by atoms with Crippen LogP contribution in [0.15, 0.2) is 36.4 Å². The van der Waals surface area contributed by atoms with Crippen LogP contribution in [0.5, 0.6) is 17.2 Å². The summed E-state index contributed by atoms with van der Waals surface area (Å²) in [6.07, 6.45) is 3.14. The second-order valence-electron chi connectivity index (χ2n) is 6.76. The Morgan fingerprint density at radius 3 is 2.48 bits per heavy atom. The minimum absolute atomic E-state index is 0.0647. The summed E-state index contributed by atoms with van der Waals surface area (Å²) < 4.78 is 16.1. The monoisotopic (exact) mass is 369 g/mol. The van der Waals surface area contributed by atoms with Gasteiger partial charge in [-0.1, -0.05) is 18.2 Å². The van der Waals surface area contributed by atoms with Crippen LogP contribution in [0.25, 0.3) is 0 Å². The van der Waals surface area contributed by atoms with E-state index in [1.807, 2.05) is 30.3 Å². The second-order valence-corrected chi connectivity index (χ2v) is 6.76. The number of para-hydroxylation sites is 1. The Bertz CT molecular complexity index is 803. The molecule has 3 rings (SSSR count). The lowest BCUT2D eigenvalue weighted by atomic mass is 10.0. The summed E-state index contributed by atoms with van der Waals surface area (Å²) in [5, 5.41) is 3.09. The van der Waals surface area contributed by atoms with Crippen LogP contribution in [0.4, 0.5) is 0 Å². The number of fused-ring (bicyclic) bond motifs is 1.